The van der Waals surface area contributed by atoms with Gasteiger partial charge in [-0.1, -0.05) is 18.2 Å². The van der Waals surface area contributed by atoms with Gasteiger partial charge in [0, 0.05) is 12.1 Å². The van der Waals surface area contributed by atoms with Gasteiger partial charge in [0.1, 0.15) is 11.3 Å². The van der Waals surface area contributed by atoms with Gasteiger partial charge >= 0.3 is 0 Å². The summed E-state index contributed by atoms with van der Waals surface area (Å²) in [6, 6.07) is 11.7. The van der Waals surface area contributed by atoms with E-state index in [1.165, 1.54) is 6.07 Å². The highest BCUT2D eigenvalue weighted by Gasteiger charge is 2.26. The first kappa shape index (κ1) is 15.6. The van der Waals surface area contributed by atoms with Crippen molar-refractivity contribution in [1.29, 1.82) is 0 Å². The lowest BCUT2D eigenvalue weighted by Gasteiger charge is -2.06. The van der Waals surface area contributed by atoms with Gasteiger partial charge in [0.2, 0.25) is 11.1 Å². The van der Waals surface area contributed by atoms with E-state index in [1.54, 1.807) is 30.3 Å². The molecule has 22 heavy (non-hydrogen) atoms. The van der Waals surface area contributed by atoms with Crippen molar-refractivity contribution in [2.75, 3.05) is 0 Å². The van der Waals surface area contributed by atoms with Crippen LogP contribution in [0.15, 0.2) is 48.5 Å². The number of hydrogen-bond acceptors (Lipinski definition) is 6. The highest BCUT2D eigenvalue weighted by Crippen LogP contribution is 2.29. The number of nitro groups is 2. The zero-order chi connectivity index (χ0) is 16.1. The molecule has 0 heterocycles. The predicted molar refractivity (Wildman–Crippen MR) is 78.7 cm³/mol. The maximum absolute atomic E-state index is 12.0. The molecule has 2 rings (SSSR count). The summed E-state index contributed by atoms with van der Waals surface area (Å²) in [6.07, 6.45) is 0. The number of hydrogen-bond donors (Lipinski definition) is 0. The Hall–Kier alpha value is -2.81. The summed E-state index contributed by atoms with van der Waals surface area (Å²) in [4.78, 5) is 20.5. The van der Waals surface area contributed by atoms with Crippen LogP contribution in [0.2, 0.25) is 0 Å². The van der Waals surface area contributed by atoms with Gasteiger partial charge in [-0.3, -0.25) is 20.2 Å². The minimum Gasteiger partial charge on any atom is -0.400 e. The summed E-state index contributed by atoms with van der Waals surface area (Å²) >= 11 is -1.98. The van der Waals surface area contributed by atoms with E-state index in [2.05, 4.69) is 0 Å². The minimum atomic E-state index is -1.98. The first-order chi connectivity index (χ1) is 10.5. The van der Waals surface area contributed by atoms with E-state index in [4.69, 9.17) is 4.18 Å². The maximum Gasteiger partial charge on any atom is 0.280 e. The second-order valence-corrected chi connectivity index (χ2v) is 5.20. The summed E-state index contributed by atoms with van der Waals surface area (Å²) in [5.74, 6) is -0.149. The highest BCUT2D eigenvalue weighted by molar-refractivity contribution is 7.79. The standard InChI is InChI=1S/C13H10N2O6S/c16-14(17)12-7-4-8-13(15(18)19)11(12)9-22(20)21-10-5-2-1-3-6-10/h1-8H,9H2. The van der Waals surface area contributed by atoms with Gasteiger partial charge in [-0.2, -0.15) is 0 Å². The third-order valence-electron chi connectivity index (χ3n) is 2.71. The Kier molecular flexibility index (Phi) is 4.79. The van der Waals surface area contributed by atoms with E-state index in [0.717, 1.165) is 12.1 Å². The van der Waals surface area contributed by atoms with Crippen LogP contribution in [0.1, 0.15) is 5.56 Å². The lowest BCUT2D eigenvalue weighted by Crippen LogP contribution is -2.08. The summed E-state index contributed by atoms with van der Waals surface area (Å²) in [6.45, 7) is 0. The molecule has 2 aromatic rings. The number of para-hydroxylation sites is 1. The van der Waals surface area contributed by atoms with E-state index in [9.17, 15) is 24.4 Å². The average molecular weight is 322 g/mol. The normalized spacial score (nSPS) is 11.6. The fraction of sp³-hybridized carbons (Fsp3) is 0.0769. The molecule has 1 atom stereocenters. The van der Waals surface area contributed by atoms with Crippen molar-refractivity contribution in [3.63, 3.8) is 0 Å². The largest absolute Gasteiger partial charge is 0.400 e. The Morgan fingerprint density at radius 3 is 1.95 bits per heavy atom. The number of nitrogens with zero attached hydrogens (tertiary/aromatic N) is 2. The van der Waals surface area contributed by atoms with Crippen LogP contribution < -0.4 is 4.18 Å². The molecule has 0 fully saturated rings. The molecule has 0 spiro atoms. The molecule has 0 N–H and O–H groups in total. The number of nitro benzene ring substituents is 2. The summed E-state index contributed by atoms with van der Waals surface area (Å²) < 4.78 is 17.1. The molecule has 0 amide bonds. The molecule has 114 valence electrons. The predicted octanol–water partition coefficient (Wildman–Crippen LogP) is 2.75. The van der Waals surface area contributed by atoms with Gasteiger partial charge in [0.05, 0.1) is 15.6 Å². The zero-order valence-electron chi connectivity index (χ0n) is 11.1. The Balaban J connectivity index is 2.29. The van der Waals surface area contributed by atoms with Gasteiger partial charge in [-0.25, -0.2) is 4.21 Å². The topological polar surface area (TPSA) is 113 Å². The van der Waals surface area contributed by atoms with Crippen molar-refractivity contribution < 1.29 is 18.2 Å². The van der Waals surface area contributed by atoms with E-state index >= 15 is 0 Å². The molecular formula is C13H10N2O6S. The first-order valence-corrected chi connectivity index (χ1v) is 7.26. The molecule has 0 aliphatic heterocycles. The number of rotatable bonds is 6. The molecular weight excluding hydrogens is 312 g/mol. The number of benzene rings is 2. The fourth-order valence-corrected chi connectivity index (χ4v) is 2.70. The van der Waals surface area contributed by atoms with Crippen molar-refractivity contribution in [3.05, 3.63) is 74.3 Å². The molecule has 0 radical (unpaired) electrons. The van der Waals surface area contributed by atoms with Gasteiger partial charge in [0.15, 0.2) is 0 Å². The third kappa shape index (κ3) is 3.64. The van der Waals surface area contributed by atoms with Crippen molar-refractivity contribution in [3.8, 4) is 5.75 Å². The lowest BCUT2D eigenvalue weighted by molar-refractivity contribution is -0.395. The van der Waals surface area contributed by atoms with Gasteiger partial charge in [-0.05, 0) is 18.2 Å². The molecule has 1 unspecified atom stereocenters. The van der Waals surface area contributed by atoms with Crippen molar-refractivity contribution >= 4 is 22.5 Å². The first-order valence-electron chi connectivity index (χ1n) is 6.01. The van der Waals surface area contributed by atoms with Crippen LogP contribution >= 0.6 is 0 Å². The second-order valence-electron chi connectivity index (χ2n) is 4.13. The SMILES string of the molecule is O=[N+]([O-])c1cccc([N+](=O)[O-])c1CS(=O)Oc1ccccc1. The van der Waals surface area contributed by atoms with E-state index in [-0.39, 0.29) is 5.56 Å². The molecule has 0 saturated heterocycles. The fourth-order valence-electron chi connectivity index (χ4n) is 1.78. The van der Waals surface area contributed by atoms with Crippen LogP contribution in [0, 0.1) is 20.2 Å². The van der Waals surface area contributed by atoms with Crippen LogP contribution in [0.5, 0.6) is 5.75 Å². The highest BCUT2D eigenvalue weighted by atomic mass is 32.2. The lowest BCUT2D eigenvalue weighted by atomic mass is 10.1. The Labute approximate surface area is 127 Å². The zero-order valence-corrected chi connectivity index (χ0v) is 11.9. The summed E-state index contributed by atoms with van der Waals surface area (Å²) in [5.41, 5.74) is -1.15. The smallest absolute Gasteiger partial charge is 0.280 e. The Morgan fingerprint density at radius 1 is 0.909 bits per heavy atom. The van der Waals surface area contributed by atoms with Crippen LogP contribution in [0.4, 0.5) is 11.4 Å². The molecule has 0 aliphatic rings. The maximum atomic E-state index is 12.0. The molecule has 9 heteroatoms. The van der Waals surface area contributed by atoms with E-state index < -0.39 is 38.1 Å². The van der Waals surface area contributed by atoms with Gasteiger partial charge in [-0.15, -0.1) is 0 Å². The van der Waals surface area contributed by atoms with Gasteiger partial charge < -0.3 is 4.18 Å². The van der Waals surface area contributed by atoms with Gasteiger partial charge in [0.25, 0.3) is 11.4 Å². The van der Waals surface area contributed by atoms with Crippen LogP contribution in [-0.2, 0) is 16.8 Å². The Bertz CT molecular complexity index is 702. The minimum absolute atomic E-state index is 0.230. The monoisotopic (exact) mass is 322 g/mol. The van der Waals surface area contributed by atoms with Crippen molar-refractivity contribution in [2.45, 2.75) is 5.75 Å². The summed E-state index contributed by atoms with van der Waals surface area (Å²) in [7, 11) is 0. The molecule has 0 bridgehead atoms. The van der Waals surface area contributed by atoms with E-state index in [1.807, 2.05) is 0 Å². The van der Waals surface area contributed by atoms with Crippen molar-refractivity contribution in [2.24, 2.45) is 0 Å². The van der Waals surface area contributed by atoms with Crippen LogP contribution in [0.3, 0.4) is 0 Å². The van der Waals surface area contributed by atoms with Crippen molar-refractivity contribution in [1.82, 2.24) is 0 Å². The molecule has 2 aromatic carbocycles. The third-order valence-corrected chi connectivity index (χ3v) is 3.62. The molecule has 0 aromatic heterocycles. The summed E-state index contributed by atoms with van der Waals surface area (Å²) in [5, 5.41) is 22.0. The Morgan fingerprint density at radius 2 is 1.45 bits per heavy atom. The quantitative estimate of drug-likeness (QED) is 0.597. The average Bonchev–Trinajstić information content (AvgIpc) is 2.47. The molecule has 0 saturated carbocycles. The molecule has 8 nitrogen and oxygen atoms in total. The molecule has 0 aliphatic carbocycles. The van der Waals surface area contributed by atoms with E-state index in [0.29, 0.717) is 5.75 Å². The second kappa shape index (κ2) is 6.76. The van der Waals surface area contributed by atoms with Crippen LogP contribution in [-0.4, -0.2) is 14.1 Å². The van der Waals surface area contributed by atoms with Crippen LogP contribution in [0.25, 0.3) is 0 Å².